The van der Waals surface area contributed by atoms with E-state index < -0.39 is 0 Å². The molecule has 1 aromatic rings. The fourth-order valence-corrected chi connectivity index (χ4v) is 2.57. The molecule has 0 spiro atoms. The SMILES string of the molecule is CCOC(=O)N1CCC(N(C)c2nccc(N(C)C)n2)CC1. The second kappa shape index (κ2) is 7.29. The van der Waals surface area contributed by atoms with Gasteiger partial charge in [-0.25, -0.2) is 9.78 Å². The highest BCUT2D eigenvalue weighted by molar-refractivity contribution is 5.67. The van der Waals surface area contributed by atoms with Gasteiger partial charge in [-0.2, -0.15) is 4.98 Å². The highest BCUT2D eigenvalue weighted by atomic mass is 16.6. The Kier molecular flexibility index (Phi) is 5.41. The predicted molar refractivity (Wildman–Crippen MR) is 86.4 cm³/mol. The van der Waals surface area contributed by atoms with Gasteiger partial charge in [0.2, 0.25) is 5.95 Å². The molecule has 1 aromatic heterocycles. The average molecular weight is 307 g/mol. The summed E-state index contributed by atoms with van der Waals surface area (Å²) in [7, 11) is 5.94. The van der Waals surface area contributed by atoms with Crippen molar-refractivity contribution in [2.75, 3.05) is 50.6 Å². The van der Waals surface area contributed by atoms with Gasteiger partial charge in [-0.15, -0.1) is 0 Å². The molecule has 0 aliphatic carbocycles. The average Bonchev–Trinajstić information content (AvgIpc) is 2.54. The van der Waals surface area contributed by atoms with Gasteiger partial charge in [-0.1, -0.05) is 0 Å². The third-order valence-corrected chi connectivity index (χ3v) is 3.94. The molecule has 1 aliphatic heterocycles. The van der Waals surface area contributed by atoms with E-state index in [1.165, 1.54) is 0 Å². The molecule has 22 heavy (non-hydrogen) atoms. The maximum atomic E-state index is 11.7. The van der Waals surface area contributed by atoms with Gasteiger partial charge in [-0.05, 0) is 25.8 Å². The van der Waals surface area contributed by atoms with Gasteiger partial charge in [0, 0.05) is 46.5 Å². The van der Waals surface area contributed by atoms with Gasteiger partial charge in [0.05, 0.1) is 6.61 Å². The molecule has 122 valence electrons. The number of ether oxygens (including phenoxy) is 1. The first-order valence-electron chi connectivity index (χ1n) is 7.67. The van der Waals surface area contributed by atoms with Crippen LogP contribution in [0.1, 0.15) is 19.8 Å². The number of likely N-dealkylation sites (tertiary alicyclic amines) is 1. The maximum Gasteiger partial charge on any atom is 0.409 e. The molecule has 0 aromatic carbocycles. The molecule has 2 rings (SSSR count). The molecule has 0 unspecified atom stereocenters. The van der Waals surface area contributed by atoms with E-state index in [9.17, 15) is 4.79 Å². The predicted octanol–water partition coefficient (Wildman–Crippen LogP) is 1.60. The van der Waals surface area contributed by atoms with Gasteiger partial charge in [0.25, 0.3) is 0 Å². The molecule has 0 N–H and O–H groups in total. The quantitative estimate of drug-likeness (QED) is 0.842. The molecule has 1 amide bonds. The monoisotopic (exact) mass is 307 g/mol. The zero-order chi connectivity index (χ0) is 16.1. The standard InChI is InChI=1S/C15H25N5O2/c1-5-22-15(21)20-10-7-12(8-11-20)19(4)14-16-9-6-13(17-14)18(2)3/h6,9,12H,5,7-8,10-11H2,1-4H3. The summed E-state index contributed by atoms with van der Waals surface area (Å²) in [6.07, 6.45) is 3.35. The van der Waals surface area contributed by atoms with Crippen LogP contribution in [0.15, 0.2) is 12.3 Å². The molecule has 2 heterocycles. The third-order valence-electron chi connectivity index (χ3n) is 3.94. The van der Waals surface area contributed by atoms with Crippen LogP contribution in [-0.4, -0.2) is 67.8 Å². The third kappa shape index (κ3) is 3.78. The topological polar surface area (TPSA) is 61.8 Å². The molecule has 0 radical (unpaired) electrons. The molecular weight excluding hydrogens is 282 g/mol. The number of carbonyl (C=O) groups excluding carboxylic acids is 1. The summed E-state index contributed by atoms with van der Waals surface area (Å²) in [5.41, 5.74) is 0. The smallest absolute Gasteiger partial charge is 0.409 e. The number of carbonyl (C=O) groups is 1. The minimum Gasteiger partial charge on any atom is -0.450 e. The number of anilines is 2. The second-order valence-electron chi connectivity index (χ2n) is 5.64. The van der Waals surface area contributed by atoms with Crippen molar-refractivity contribution in [1.82, 2.24) is 14.9 Å². The molecular formula is C15H25N5O2. The van der Waals surface area contributed by atoms with E-state index in [1.807, 2.05) is 39.0 Å². The molecule has 1 saturated heterocycles. The molecule has 0 saturated carbocycles. The fourth-order valence-electron chi connectivity index (χ4n) is 2.57. The summed E-state index contributed by atoms with van der Waals surface area (Å²) in [5, 5.41) is 0. The zero-order valence-electron chi connectivity index (χ0n) is 13.8. The maximum absolute atomic E-state index is 11.7. The Morgan fingerprint density at radius 3 is 2.64 bits per heavy atom. The minimum absolute atomic E-state index is 0.213. The van der Waals surface area contributed by atoms with Crippen LogP contribution < -0.4 is 9.80 Å². The van der Waals surface area contributed by atoms with Crippen LogP contribution in [0.4, 0.5) is 16.6 Å². The van der Waals surface area contributed by atoms with Crippen LogP contribution in [0.5, 0.6) is 0 Å². The lowest BCUT2D eigenvalue weighted by molar-refractivity contribution is 0.0970. The van der Waals surface area contributed by atoms with Crippen LogP contribution >= 0.6 is 0 Å². The molecule has 7 nitrogen and oxygen atoms in total. The van der Waals surface area contributed by atoms with E-state index in [-0.39, 0.29) is 6.09 Å². The van der Waals surface area contributed by atoms with Crippen LogP contribution in [-0.2, 0) is 4.74 Å². The molecule has 7 heteroatoms. The first-order chi connectivity index (χ1) is 10.5. The van der Waals surface area contributed by atoms with Crippen molar-refractivity contribution in [2.45, 2.75) is 25.8 Å². The van der Waals surface area contributed by atoms with Gasteiger partial charge in [0.1, 0.15) is 5.82 Å². The van der Waals surface area contributed by atoms with Crippen LogP contribution in [0.2, 0.25) is 0 Å². The van der Waals surface area contributed by atoms with Crippen molar-refractivity contribution in [2.24, 2.45) is 0 Å². The first-order valence-corrected chi connectivity index (χ1v) is 7.67. The van der Waals surface area contributed by atoms with Crippen molar-refractivity contribution in [3.8, 4) is 0 Å². The van der Waals surface area contributed by atoms with Gasteiger partial charge >= 0.3 is 6.09 Å². The van der Waals surface area contributed by atoms with Crippen molar-refractivity contribution in [1.29, 1.82) is 0 Å². The number of aromatic nitrogens is 2. The van der Waals surface area contributed by atoms with Crippen molar-refractivity contribution in [3.05, 3.63) is 12.3 Å². The van der Waals surface area contributed by atoms with Crippen LogP contribution in [0, 0.1) is 0 Å². The molecule has 0 atom stereocenters. The van der Waals surface area contributed by atoms with Gasteiger partial charge < -0.3 is 19.4 Å². The first kappa shape index (κ1) is 16.3. The highest BCUT2D eigenvalue weighted by Crippen LogP contribution is 2.21. The van der Waals surface area contributed by atoms with Crippen molar-refractivity contribution < 1.29 is 9.53 Å². The molecule has 1 aliphatic rings. The number of amides is 1. The van der Waals surface area contributed by atoms with E-state index in [2.05, 4.69) is 14.9 Å². The van der Waals surface area contributed by atoms with E-state index in [1.54, 1.807) is 11.1 Å². The van der Waals surface area contributed by atoms with E-state index in [4.69, 9.17) is 4.74 Å². The Hall–Kier alpha value is -2.05. The second-order valence-corrected chi connectivity index (χ2v) is 5.64. The van der Waals surface area contributed by atoms with E-state index in [0.29, 0.717) is 25.7 Å². The van der Waals surface area contributed by atoms with Crippen LogP contribution in [0.25, 0.3) is 0 Å². The lowest BCUT2D eigenvalue weighted by Crippen LogP contribution is -2.46. The number of hydrogen-bond donors (Lipinski definition) is 0. The van der Waals surface area contributed by atoms with Crippen LogP contribution in [0.3, 0.4) is 0 Å². The Labute approximate surface area is 131 Å². The van der Waals surface area contributed by atoms with Gasteiger partial charge in [0.15, 0.2) is 0 Å². The largest absolute Gasteiger partial charge is 0.450 e. The fraction of sp³-hybridized carbons (Fsp3) is 0.667. The zero-order valence-corrected chi connectivity index (χ0v) is 13.8. The molecule has 0 bridgehead atoms. The number of rotatable bonds is 4. The number of nitrogens with zero attached hydrogens (tertiary/aromatic N) is 5. The Morgan fingerprint density at radius 2 is 2.05 bits per heavy atom. The summed E-state index contributed by atoms with van der Waals surface area (Å²) in [6.45, 7) is 3.67. The van der Waals surface area contributed by atoms with Crippen molar-refractivity contribution >= 4 is 17.9 Å². The van der Waals surface area contributed by atoms with E-state index >= 15 is 0 Å². The van der Waals surface area contributed by atoms with Gasteiger partial charge in [-0.3, -0.25) is 0 Å². The Bertz CT molecular complexity index is 500. The lowest BCUT2D eigenvalue weighted by atomic mass is 10.0. The summed E-state index contributed by atoms with van der Waals surface area (Å²) < 4.78 is 5.05. The Morgan fingerprint density at radius 1 is 1.36 bits per heavy atom. The number of piperidine rings is 1. The summed E-state index contributed by atoms with van der Waals surface area (Å²) >= 11 is 0. The lowest BCUT2D eigenvalue weighted by Gasteiger charge is -2.36. The van der Waals surface area contributed by atoms with Crippen molar-refractivity contribution in [3.63, 3.8) is 0 Å². The number of hydrogen-bond acceptors (Lipinski definition) is 6. The normalized spacial score (nSPS) is 15.5. The highest BCUT2D eigenvalue weighted by Gasteiger charge is 2.27. The summed E-state index contributed by atoms with van der Waals surface area (Å²) in [5.74, 6) is 1.61. The summed E-state index contributed by atoms with van der Waals surface area (Å²) in [6, 6.07) is 2.23. The molecule has 1 fully saturated rings. The van der Waals surface area contributed by atoms with E-state index in [0.717, 1.165) is 24.6 Å². The summed E-state index contributed by atoms with van der Waals surface area (Å²) in [4.78, 5) is 26.5. The Balaban J connectivity index is 1.96. The minimum atomic E-state index is -0.213.